The zero-order valence-electron chi connectivity index (χ0n) is 12.8. The van der Waals surface area contributed by atoms with Crippen molar-refractivity contribution in [3.63, 3.8) is 0 Å². The molecule has 2 aromatic carbocycles. The molecule has 0 amide bonds. The monoisotopic (exact) mass is 294 g/mol. The van der Waals surface area contributed by atoms with Crippen molar-refractivity contribution in [2.75, 3.05) is 14.2 Å². The minimum Gasteiger partial charge on any atom is -0.497 e. The van der Waals surface area contributed by atoms with Gasteiger partial charge >= 0.3 is 0 Å². The quantitative estimate of drug-likeness (QED) is 0.869. The van der Waals surface area contributed by atoms with E-state index in [0.29, 0.717) is 11.3 Å². The van der Waals surface area contributed by atoms with Gasteiger partial charge in [-0.25, -0.2) is 0 Å². The van der Waals surface area contributed by atoms with Gasteiger partial charge in [0.1, 0.15) is 17.6 Å². The Morgan fingerprint density at radius 3 is 2.45 bits per heavy atom. The molecule has 0 radical (unpaired) electrons. The summed E-state index contributed by atoms with van der Waals surface area (Å²) in [5.41, 5.74) is 4.21. The summed E-state index contributed by atoms with van der Waals surface area (Å²) in [5.74, 6) is 1.53. The van der Waals surface area contributed by atoms with Crippen LogP contribution in [-0.2, 0) is 19.6 Å². The van der Waals surface area contributed by atoms with Crippen molar-refractivity contribution < 1.29 is 9.47 Å². The Hall–Kier alpha value is -2.51. The summed E-state index contributed by atoms with van der Waals surface area (Å²) >= 11 is 0. The minimum atomic E-state index is 0.660. The van der Waals surface area contributed by atoms with Gasteiger partial charge in [0.15, 0.2) is 0 Å². The maximum absolute atomic E-state index is 9.38. The highest BCUT2D eigenvalue weighted by molar-refractivity contribution is 5.53. The molecule has 0 aromatic heterocycles. The Labute approximate surface area is 130 Å². The van der Waals surface area contributed by atoms with Crippen LogP contribution in [0.15, 0.2) is 36.4 Å². The topological polar surface area (TPSA) is 45.5 Å². The first kappa shape index (κ1) is 14.4. The second kappa shape index (κ2) is 6.08. The molecule has 1 heterocycles. The number of methoxy groups -OCH3 is 2. The molecule has 112 valence electrons. The molecular formula is C18H18N2O2. The van der Waals surface area contributed by atoms with Crippen molar-refractivity contribution in [3.05, 3.63) is 58.7 Å². The van der Waals surface area contributed by atoms with E-state index < -0.39 is 0 Å². The van der Waals surface area contributed by atoms with E-state index in [0.717, 1.165) is 30.9 Å². The zero-order chi connectivity index (χ0) is 15.5. The van der Waals surface area contributed by atoms with Crippen molar-refractivity contribution in [3.8, 4) is 17.6 Å². The van der Waals surface area contributed by atoms with E-state index in [1.807, 2.05) is 18.2 Å². The molecule has 4 nitrogen and oxygen atoms in total. The van der Waals surface area contributed by atoms with E-state index in [1.54, 1.807) is 14.2 Å². The smallest absolute Gasteiger partial charge is 0.136 e. The van der Waals surface area contributed by atoms with Crippen LogP contribution in [-0.4, -0.2) is 19.1 Å². The largest absolute Gasteiger partial charge is 0.497 e. The summed E-state index contributed by atoms with van der Waals surface area (Å²) in [5, 5.41) is 9.38. The number of ether oxygens (including phenoxy) is 2. The van der Waals surface area contributed by atoms with Gasteiger partial charge in [-0.2, -0.15) is 5.26 Å². The van der Waals surface area contributed by atoms with E-state index in [9.17, 15) is 5.26 Å². The normalized spacial score (nSPS) is 13.5. The molecule has 4 heteroatoms. The van der Waals surface area contributed by atoms with E-state index in [2.05, 4.69) is 29.2 Å². The fourth-order valence-corrected chi connectivity index (χ4v) is 2.91. The Balaban J connectivity index is 1.78. The number of benzene rings is 2. The van der Waals surface area contributed by atoms with Crippen LogP contribution in [0.3, 0.4) is 0 Å². The van der Waals surface area contributed by atoms with Gasteiger partial charge in [0.05, 0.1) is 19.8 Å². The molecule has 0 atom stereocenters. The number of nitriles is 1. The van der Waals surface area contributed by atoms with E-state index in [4.69, 9.17) is 9.47 Å². The third-order valence-electron chi connectivity index (χ3n) is 4.04. The summed E-state index contributed by atoms with van der Waals surface area (Å²) in [6.45, 7) is 2.49. The average Bonchev–Trinajstić information content (AvgIpc) is 2.96. The van der Waals surface area contributed by atoms with Gasteiger partial charge in [-0.15, -0.1) is 0 Å². The molecule has 0 aliphatic carbocycles. The van der Waals surface area contributed by atoms with Crippen LogP contribution >= 0.6 is 0 Å². The van der Waals surface area contributed by atoms with E-state index in [1.165, 1.54) is 11.1 Å². The van der Waals surface area contributed by atoms with Crippen molar-refractivity contribution in [1.82, 2.24) is 4.90 Å². The Bertz CT molecular complexity index is 717. The third kappa shape index (κ3) is 2.63. The van der Waals surface area contributed by atoms with Gasteiger partial charge in [0.25, 0.3) is 0 Å². The van der Waals surface area contributed by atoms with Crippen molar-refractivity contribution >= 4 is 0 Å². The van der Waals surface area contributed by atoms with E-state index in [-0.39, 0.29) is 0 Å². The molecule has 22 heavy (non-hydrogen) atoms. The van der Waals surface area contributed by atoms with Crippen molar-refractivity contribution in [1.29, 1.82) is 5.26 Å². The Morgan fingerprint density at radius 2 is 1.82 bits per heavy atom. The molecule has 1 aliphatic rings. The highest BCUT2D eigenvalue weighted by Gasteiger charge is 2.24. The molecule has 0 N–H and O–H groups in total. The molecular weight excluding hydrogens is 276 g/mol. The molecule has 0 fully saturated rings. The summed E-state index contributed by atoms with van der Waals surface area (Å²) in [7, 11) is 3.27. The average molecular weight is 294 g/mol. The molecule has 0 unspecified atom stereocenters. The number of fused-ring (bicyclic) bond motifs is 1. The van der Waals surface area contributed by atoms with Crippen LogP contribution in [0.5, 0.6) is 11.5 Å². The van der Waals surface area contributed by atoms with E-state index >= 15 is 0 Å². The Morgan fingerprint density at radius 1 is 1.05 bits per heavy atom. The predicted octanol–water partition coefficient (Wildman–Crippen LogP) is 3.09. The molecule has 0 saturated carbocycles. The highest BCUT2D eigenvalue weighted by Crippen LogP contribution is 2.32. The highest BCUT2D eigenvalue weighted by atomic mass is 16.5. The van der Waals surface area contributed by atoms with Gasteiger partial charge in [-0.3, -0.25) is 4.90 Å². The number of nitrogens with zero attached hydrogens (tertiary/aromatic N) is 2. The lowest BCUT2D eigenvalue weighted by atomic mass is 10.0. The second-order valence-electron chi connectivity index (χ2n) is 5.39. The summed E-state index contributed by atoms with van der Waals surface area (Å²) in [6.07, 6.45) is 0. The lowest BCUT2D eigenvalue weighted by Crippen LogP contribution is -2.15. The lowest BCUT2D eigenvalue weighted by molar-refractivity contribution is 0.275. The first-order valence-electron chi connectivity index (χ1n) is 7.19. The Kier molecular flexibility index (Phi) is 3.99. The van der Waals surface area contributed by atoms with Crippen LogP contribution in [0.4, 0.5) is 0 Å². The molecule has 0 spiro atoms. The summed E-state index contributed by atoms with van der Waals surface area (Å²) in [6, 6.07) is 14.3. The lowest BCUT2D eigenvalue weighted by Gasteiger charge is -2.15. The minimum absolute atomic E-state index is 0.660. The number of hydrogen-bond acceptors (Lipinski definition) is 4. The van der Waals surface area contributed by atoms with Gasteiger partial charge in [0.2, 0.25) is 0 Å². The fourth-order valence-electron chi connectivity index (χ4n) is 2.91. The van der Waals surface area contributed by atoms with Gasteiger partial charge in [0, 0.05) is 19.6 Å². The maximum Gasteiger partial charge on any atom is 0.136 e. The van der Waals surface area contributed by atoms with Gasteiger partial charge < -0.3 is 9.47 Å². The summed E-state index contributed by atoms with van der Waals surface area (Å²) < 4.78 is 10.5. The summed E-state index contributed by atoms with van der Waals surface area (Å²) in [4.78, 5) is 2.33. The van der Waals surface area contributed by atoms with Crippen LogP contribution in [0.1, 0.15) is 22.3 Å². The van der Waals surface area contributed by atoms with Crippen LogP contribution in [0.2, 0.25) is 0 Å². The molecule has 1 aliphatic heterocycles. The molecule has 0 saturated heterocycles. The van der Waals surface area contributed by atoms with Crippen LogP contribution in [0, 0.1) is 11.3 Å². The van der Waals surface area contributed by atoms with Gasteiger partial charge in [-0.05, 0) is 34.9 Å². The third-order valence-corrected chi connectivity index (χ3v) is 4.04. The van der Waals surface area contributed by atoms with Crippen molar-refractivity contribution in [2.24, 2.45) is 0 Å². The maximum atomic E-state index is 9.38. The molecule has 2 aromatic rings. The second-order valence-corrected chi connectivity index (χ2v) is 5.39. The first-order valence-corrected chi connectivity index (χ1v) is 7.19. The SMILES string of the molecule is COc1ccc(CN2Cc3ccc(OC)c(C#N)c3C2)cc1. The van der Waals surface area contributed by atoms with Crippen molar-refractivity contribution in [2.45, 2.75) is 19.6 Å². The number of hydrogen-bond donors (Lipinski definition) is 0. The zero-order valence-corrected chi connectivity index (χ0v) is 12.8. The molecule has 3 rings (SSSR count). The standard InChI is InChI=1S/C18H18N2O2/c1-21-15-6-3-13(4-7-15)10-20-11-14-5-8-18(22-2)16(9-19)17(14)12-20/h3-8H,10-12H2,1-2H3. The first-order chi connectivity index (χ1) is 10.7. The van der Waals surface area contributed by atoms with Crippen LogP contribution in [0.25, 0.3) is 0 Å². The molecule has 0 bridgehead atoms. The predicted molar refractivity (Wildman–Crippen MR) is 83.7 cm³/mol. The fraction of sp³-hybridized carbons (Fsp3) is 0.278. The number of rotatable bonds is 4. The van der Waals surface area contributed by atoms with Gasteiger partial charge in [-0.1, -0.05) is 18.2 Å². The van der Waals surface area contributed by atoms with Crippen LogP contribution < -0.4 is 9.47 Å².